The summed E-state index contributed by atoms with van der Waals surface area (Å²) in [6, 6.07) is 23.0. The molecule has 0 fully saturated rings. The molecule has 0 atom stereocenters. The van der Waals surface area contributed by atoms with Gasteiger partial charge in [-0.05, 0) is 60.2 Å². The number of nitrogens with zero attached hydrogens (tertiary/aromatic N) is 1. The lowest BCUT2D eigenvalue weighted by molar-refractivity contribution is -0.118. The fourth-order valence-electron chi connectivity index (χ4n) is 2.51. The van der Waals surface area contributed by atoms with Crippen LogP contribution in [0.5, 0.6) is 11.5 Å². The maximum absolute atomic E-state index is 12.1. The predicted octanol–water partition coefficient (Wildman–Crippen LogP) is 3.48. The van der Waals surface area contributed by atoms with Gasteiger partial charge in [-0.1, -0.05) is 24.3 Å². The van der Waals surface area contributed by atoms with Crippen LogP contribution in [0.3, 0.4) is 0 Å². The zero-order valence-electron chi connectivity index (χ0n) is 16.4. The molecule has 3 aromatic carbocycles. The van der Waals surface area contributed by atoms with Crippen LogP contribution < -0.4 is 20.2 Å². The monoisotopic (exact) mass is 403 g/mol. The molecule has 0 radical (unpaired) electrons. The van der Waals surface area contributed by atoms with E-state index in [1.54, 1.807) is 60.7 Å². The van der Waals surface area contributed by atoms with E-state index in [4.69, 9.17) is 9.47 Å². The summed E-state index contributed by atoms with van der Waals surface area (Å²) >= 11 is 0. The number of benzene rings is 3. The van der Waals surface area contributed by atoms with Crippen molar-refractivity contribution in [2.24, 2.45) is 5.10 Å². The predicted molar refractivity (Wildman–Crippen MR) is 115 cm³/mol. The number of ether oxygens (including phenoxy) is 2. The number of hydrazone groups is 1. The number of methoxy groups -OCH3 is 1. The van der Waals surface area contributed by atoms with Gasteiger partial charge in [0.1, 0.15) is 11.5 Å². The summed E-state index contributed by atoms with van der Waals surface area (Å²) in [5.74, 6) is 0.567. The summed E-state index contributed by atoms with van der Waals surface area (Å²) in [5.41, 5.74) is 4.40. The number of hydrogen-bond acceptors (Lipinski definition) is 5. The van der Waals surface area contributed by atoms with Crippen molar-refractivity contribution in [1.29, 1.82) is 0 Å². The molecule has 0 saturated heterocycles. The first-order valence-electron chi connectivity index (χ1n) is 9.19. The standard InChI is InChI=1S/C23H21N3O4/c1-29-21-9-5-6-18(14-21)23(28)26-24-15-17-10-12-20(13-11-17)30-16-22(27)25-19-7-3-2-4-8-19/h2-15H,16H2,1H3,(H,25,27)(H,26,28)/b24-15-. The minimum absolute atomic E-state index is 0.0983. The Bertz CT molecular complexity index is 1020. The quantitative estimate of drug-likeness (QED) is 0.445. The number of rotatable bonds is 8. The topological polar surface area (TPSA) is 89.0 Å². The summed E-state index contributed by atoms with van der Waals surface area (Å²) in [7, 11) is 1.54. The van der Waals surface area contributed by atoms with Crippen LogP contribution in [0.15, 0.2) is 84.0 Å². The second kappa shape index (κ2) is 10.4. The van der Waals surface area contributed by atoms with Crippen LogP contribution in [-0.4, -0.2) is 31.7 Å². The Morgan fingerprint density at radius 1 is 0.933 bits per heavy atom. The van der Waals surface area contributed by atoms with Crippen LogP contribution in [0.2, 0.25) is 0 Å². The Labute approximate surface area is 174 Å². The zero-order chi connectivity index (χ0) is 21.2. The third kappa shape index (κ3) is 6.20. The minimum Gasteiger partial charge on any atom is -0.497 e. The average Bonchev–Trinajstić information content (AvgIpc) is 2.79. The first-order chi connectivity index (χ1) is 14.6. The van der Waals surface area contributed by atoms with E-state index in [2.05, 4.69) is 15.8 Å². The molecule has 152 valence electrons. The van der Waals surface area contributed by atoms with Crippen molar-refractivity contribution >= 4 is 23.7 Å². The van der Waals surface area contributed by atoms with E-state index in [9.17, 15) is 9.59 Å². The molecule has 0 aliphatic rings. The summed E-state index contributed by atoms with van der Waals surface area (Å²) in [5, 5.41) is 6.70. The summed E-state index contributed by atoms with van der Waals surface area (Å²) in [6.45, 7) is -0.0983. The lowest BCUT2D eigenvalue weighted by Crippen LogP contribution is -2.20. The highest BCUT2D eigenvalue weighted by molar-refractivity contribution is 5.95. The molecule has 2 amide bonds. The molecular formula is C23H21N3O4. The van der Waals surface area contributed by atoms with E-state index in [-0.39, 0.29) is 18.4 Å². The third-order valence-electron chi connectivity index (χ3n) is 4.02. The van der Waals surface area contributed by atoms with Gasteiger partial charge in [-0.2, -0.15) is 5.10 Å². The Morgan fingerprint density at radius 3 is 2.43 bits per heavy atom. The molecule has 0 aliphatic heterocycles. The first kappa shape index (κ1) is 20.6. The van der Waals surface area contributed by atoms with Gasteiger partial charge in [-0.3, -0.25) is 9.59 Å². The van der Waals surface area contributed by atoms with E-state index < -0.39 is 0 Å². The Hall–Kier alpha value is -4.13. The van der Waals surface area contributed by atoms with Gasteiger partial charge >= 0.3 is 0 Å². The number of carbonyl (C=O) groups excluding carboxylic acids is 2. The SMILES string of the molecule is COc1cccc(C(=O)N/N=C\c2ccc(OCC(=O)Nc3ccccc3)cc2)c1. The lowest BCUT2D eigenvalue weighted by atomic mass is 10.2. The molecule has 3 aromatic rings. The highest BCUT2D eigenvalue weighted by Gasteiger charge is 2.05. The average molecular weight is 403 g/mol. The van der Waals surface area contributed by atoms with Gasteiger partial charge in [-0.25, -0.2) is 5.43 Å². The Kier molecular flexibility index (Phi) is 7.16. The van der Waals surface area contributed by atoms with Crippen LogP contribution in [0.1, 0.15) is 15.9 Å². The van der Waals surface area contributed by atoms with Gasteiger partial charge < -0.3 is 14.8 Å². The molecule has 3 rings (SSSR count). The van der Waals surface area contributed by atoms with Crippen LogP contribution in [0.4, 0.5) is 5.69 Å². The third-order valence-corrected chi connectivity index (χ3v) is 4.02. The molecule has 30 heavy (non-hydrogen) atoms. The van der Waals surface area contributed by atoms with Gasteiger partial charge in [0.25, 0.3) is 11.8 Å². The van der Waals surface area contributed by atoms with E-state index in [1.807, 2.05) is 18.2 Å². The number of hydrogen-bond donors (Lipinski definition) is 2. The van der Waals surface area contributed by atoms with Crippen LogP contribution in [-0.2, 0) is 4.79 Å². The van der Waals surface area contributed by atoms with E-state index >= 15 is 0 Å². The van der Waals surface area contributed by atoms with E-state index in [0.29, 0.717) is 22.7 Å². The summed E-state index contributed by atoms with van der Waals surface area (Å²) < 4.78 is 10.6. The van der Waals surface area contributed by atoms with Crippen molar-refractivity contribution in [3.8, 4) is 11.5 Å². The molecule has 7 heteroatoms. The molecule has 0 saturated carbocycles. The molecule has 0 unspecified atom stereocenters. The highest BCUT2D eigenvalue weighted by atomic mass is 16.5. The van der Waals surface area contributed by atoms with Gasteiger partial charge in [0.2, 0.25) is 0 Å². The largest absolute Gasteiger partial charge is 0.497 e. The molecule has 0 aromatic heterocycles. The number of nitrogens with one attached hydrogen (secondary N) is 2. The fourth-order valence-corrected chi connectivity index (χ4v) is 2.51. The van der Waals surface area contributed by atoms with Crippen molar-refractivity contribution in [2.45, 2.75) is 0 Å². The summed E-state index contributed by atoms with van der Waals surface area (Å²) in [4.78, 5) is 24.0. The van der Waals surface area contributed by atoms with Gasteiger partial charge in [0.05, 0.1) is 13.3 Å². The van der Waals surface area contributed by atoms with Crippen molar-refractivity contribution < 1.29 is 19.1 Å². The maximum atomic E-state index is 12.1. The van der Waals surface area contributed by atoms with Crippen molar-refractivity contribution in [2.75, 3.05) is 19.0 Å². The van der Waals surface area contributed by atoms with Crippen LogP contribution >= 0.6 is 0 Å². The molecule has 0 aliphatic carbocycles. The molecule has 0 spiro atoms. The normalized spacial score (nSPS) is 10.4. The van der Waals surface area contributed by atoms with Gasteiger partial charge in [0, 0.05) is 11.3 Å². The van der Waals surface area contributed by atoms with Crippen molar-refractivity contribution in [3.05, 3.63) is 90.0 Å². The lowest BCUT2D eigenvalue weighted by Gasteiger charge is -2.07. The number of amides is 2. The van der Waals surface area contributed by atoms with Crippen LogP contribution in [0, 0.1) is 0 Å². The smallest absolute Gasteiger partial charge is 0.271 e. The van der Waals surface area contributed by atoms with Crippen molar-refractivity contribution in [1.82, 2.24) is 5.43 Å². The van der Waals surface area contributed by atoms with E-state index in [0.717, 1.165) is 5.56 Å². The molecule has 0 heterocycles. The zero-order valence-corrected chi connectivity index (χ0v) is 16.4. The maximum Gasteiger partial charge on any atom is 0.271 e. The first-order valence-corrected chi connectivity index (χ1v) is 9.19. The molecular weight excluding hydrogens is 382 g/mol. The fraction of sp³-hybridized carbons (Fsp3) is 0.0870. The number of para-hydroxylation sites is 1. The minimum atomic E-state index is -0.338. The van der Waals surface area contributed by atoms with E-state index in [1.165, 1.54) is 13.3 Å². The number of carbonyl (C=O) groups is 2. The molecule has 0 bridgehead atoms. The van der Waals surface area contributed by atoms with Crippen LogP contribution in [0.25, 0.3) is 0 Å². The van der Waals surface area contributed by atoms with Gasteiger partial charge in [0.15, 0.2) is 6.61 Å². The second-order valence-electron chi connectivity index (χ2n) is 6.20. The van der Waals surface area contributed by atoms with Gasteiger partial charge in [-0.15, -0.1) is 0 Å². The molecule has 2 N–H and O–H groups in total. The Balaban J connectivity index is 1.46. The Morgan fingerprint density at radius 2 is 1.70 bits per heavy atom. The summed E-state index contributed by atoms with van der Waals surface area (Å²) in [6.07, 6.45) is 1.52. The van der Waals surface area contributed by atoms with Crippen molar-refractivity contribution in [3.63, 3.8) is 0 Å². The highest BCUT2D eigenvalue weighted by Crippen LogP contribution is 2.13. The second-order valence-corrected chi connectivity index (χ2v) is 6.20. The number of anilines is 1. The molecule has 7 nitrogen and oxygen atoms in total.